The molecule has 3 heteroatoms. The van der Waals surface area contributed by atoms with Gasteiger partial charge in [0.1, 0.15) is 5.75 Å². The van der Waals surface area contributed by atoms with E-state index in [-0.39, 0.29) is 5.75 Å². The van der Waals surface area contributed by atoms with Crippen molar-refractivity contribution in [2.24, 2.45) is 0 Å². The average Bonchev–Trinajstić information content (AvgIpc) is 1.90. The van der Waals surface area contributed by atoms with E-state index in [1.807, 2.05) is 0 Å². The Hall–Kier alpha value is -0.700. The van der Waals surface area contributed by atoms with Crippen LogP contribution in [0.1, 0.15) is 5.69 Å². The van der Waals surface area contributed by atoms with Crippen LogP contribution in [0.4, 0.5) is 0 Å². The van der Waals surface area contributed by atoms with Crippen LogP contribution in [0.25, 0.3) is 0 Å². The van der Waals surface area contributed by atoms with Gasteiger partial charge in [-0.05, 0) is 12.1 Å². The smallest absolute Gasteiger partial charge is 0.133 e. The first kappa shape index (κ1) is 6.42. The second kappa shape index (κ2) is 2.73. The quantitative estimate of drug-likeness (QED) is 0.576. The maximum absolute atomic E-state index is 8.76. The summed E-state index contributed by atoms with van der Waals surface area (Å²) >= 11 is 4.00. The summed E-state index contributed by atoms with van der Waals surface area (Å²) in [7, 11) is 0. The lowest BCUT2D eigenvalue weighted by Gasteiger charge is -1.92. The number of aromatic hydroxyl groups is 1. The third kappa shape index (κ3) is 1.61. The molecule has 0 radical (unpaired) electrons. The molecule has 48 valence electrons. The number of aromatic nitrogens is 1. The Morgan fingerprint density at radius 3 is 2.78 bits per heavy atom. The number of pyridine rings is 1. The second-order valence-electron chi connectivity index (χ2n) is 1.67. The van der Waals surface area contributed by atoms with Crippen molar-refractivity contribution in [1.82, 2.24) is 4.98 Å². The highest BCUT2D eigenvalue weighted by molar-refractivity contribution is 7.79. The van der Waals surface area contributed by atoms with Gasteiger partial charge in [-0.25, -0.2) is 0 Å². The Morgan fingerprint density at radius 2 is 2.33 bits per heavy atom. The molecule has 0 saturated heterocycles. The molecular formula is C6H7NOS. The fourth-order valence-electron chi connectivity index (χ4n) is 0.510. The molecule has 0 atom stereocenters. The van der Waals surface area contributed by atoms with Gasteiger partial charge in [-0.2, -0.15) is 12.6 Å². The molecule has 2 nitrogen and oxygen atoms in total. The van der Waals surface area contributed by atoms with Gasteiger partial charge in [0.15, 0.2) is 0 Å². The van der Waals surface area contributed by atoms with Crippen molar-refractivity contribution in [2.45, 2.75) is 5.75 Å². The van der Waals surface area contributed by atoms with E-state index < -0.39 is 0 Å². The number of nitrogens with zero attached hydrogens (tertiary/aromatic N) is 1. The monoisotopic (exact) mass is 141 g/mol. The highest BCUT2D eigenvalue weighted by Crippen LogP contribution is 2.06. The summed E-state index contributed by atoms with van der Waals surface area (Å²) in [5.41, 5.74) is 0.871. The van der Waals surface area contributed by atoms with Gasteiger partial charge < -0.3 is 5.11 Å². The van der Waals surface area contributed by atoms with Crippen LogP contribution >= 0.6 is 12.6 Å². The minimum absolute atomic E-state index is 0.195. The van der Waals surface area contributed by atoms with Gasteiger partial charge in [-0.15, -0.1) is 0 Å². The van der Waals surface area contributed by atoms with Crippen LogP contribution in [0.2, 0.25) is 0 Å². The van der Waals surface area contributed by atoms with E-state index in [9.17, 15) is 0 Å². The summed E-state index contributed by atoms with van der Waals surface area (Å²) < 4.78 is 0. The van der Waals surface area contributed by atoms with E-state index in [1.165, 1.54) is 6.20 Å². The summed E-state index contributed by atoms with van der Waals surface area (Å²) in [5.74, 6) is 0.806. The van der Waals surface area contributed by atoms with E-state index in [4.69, 9.17) is 5.11 Å². The van der Waals surface area contributed by atoms with E-state index in [2.05, 4.69) is 17.6 Å². The Balaban J connectivity index is 2.88. The molecule has 0 saturated carbocycles. The molecule has 1 aromatic heterocycles. The summed E-state index contributed by atoms with van der Waals surface area (Å²) in [4.78, 5) is 3.87. The third-order valence-corrected chi connectivity index (χ3v) is 1.30. The van der Waals surface area contributed by atoms with Crippen LogP contribution in [0.3, 0.4) is 0 Å². The molecule has 0 unspecified atom stereocenters. The van der Waals surface area contributed by atoms with Gasteiger partial charge in [0.2, 0.25) is 0 Å². The van der Waals surface area contributed by atoms with Crippen LogP contribution in [-0.4, -0.2) is 10.1 Å². The van der Waals surface area contributed by atoms with Gasteiger partial charge in [-0.3, -0.25) is 4.98 Å². The lowest BCUT2D eigenvalue weighted by atomic mass is 10.4. The molecular weight excluding hydrogens is 134 g/mol. The summed E-state index contributed by atoms with van der Waals surface area (Å²) in [6, 6.07) is 3.33. The maximum atomic E-state index is 8.76. The van der Waals surface area contributed by atoms with E-state index in [1.54, 1.807) is 12.1 Å². The Labute approximate surface area is 59.0 Å². The largest absolute Gasteiger partial charge is 0.506 e. The molecule has 0 aromatic carbocycles. The third-order valence-electron chi connectivity index (χ3n) is 0.971. The van der Waals surface area contributed by atoms with Crippen LogP contribution in [0.5, 0.6) is 5.75 Å². The van der Waals surface area contributed by atoms with Crippen molar-refractivity contribution in [2.75, 3.05) is 0 Å². The molecule has 0 amide bonds. The minimum atomic E-state index is 0.195. The Bertz CT molecular complexity index is 185. The highest BCUT2D eigenvalue weighted by atomic mass is 32.1. The van der Waals surface area contributed by atoms with Gasteiger partial charge in [-0.1, -0.05) is 0 Å². The van der Waals surface area contributed by atoms with Crippen molar-refractivity contribution in [3.05, 3.63) is 24.0 Å². The normalized spacial score (nSPS) is 9.44. The van der Waals surface area contributed by atoms with Crippen LogP contribution in [0.15, 0.2) is 18.3 Å². The number of hydrogen-bond donors (Lipinski definition) is 2. The number of hydrogen-bond acceptors (Lipinski definition) is 3. The first-order chi connectivity index (χ1) is 4.33. The maximum Gasteiger partial charge on any atom is 0.133 e. The molecule has 0 fully saturated rings. The number of thiol groups is 1. The van der Waals surface area contributed by atoms with Crippen LogP contribution < -0.4 is 0 Å². The zero-order chi connectivity index (χ0) is 6.69. The zero-order valence-electron chi connectivity index (χ0n) is 4.78. The van der Waals surface area contributed by atoms with Crippen molar-refractivity contribution < 1.29 is 5.11 Å². The predicted octanol–water partition coefficient (Wildman–Crippen LogP) is 1.22. The Morgan fingerprint density at radius 1 is 1.56 bits per heavy atom. The van der Waals surface area contributed by atoms with E-state index in [0.717, 1.165) is 5.69 Å². The van der Waals surface area contributed by atoms with Gasteiger partial charge in [0.25, 0.3) is 0 Å². The standard InChI is InChI=1S/C6H7NOS/c8-6-2-1-5(4-9)7-3-6/h1-3,8-9H,4H2. The summed E-state index contributed by atoms with van der Waals surface area (Å²) in [6.07, 6.45) is 1.41. The summed E-state index contributed by atoms with van der Waals surface area (Å²) in [6.45, 7) is 0. The van der Waals surface area contributed by atoms with Gasteiger partial charge >= 0.3 is 0 Å². The molecule has 0 spiro atoms. The highest BCUT2D eigenvalue weighted by Gasteiger charge is 1.88. The molecule has 0 aliphatic carbocycles. The second-order valence-corrected chi connectivity index (χ2v) is 1.98. The minimum Gasteiger partial charge on any atom is -0.506 e. The SMILES string of the molecule is Oc1ccc(CS)nc1. The van der Waals surface area contributed by atoms with E-state index >= 15 is 0 Å². The van der Waals surface area contributed by atoms with Crippen LogP contribution in [-0.2, 0) is 5.75 Å². The van der Waals surface area contributed by atoms with Crippen LogP contribution in [0, 0.1) is 0 Å². The zero-order valence-corrected chi connectivity index (χ0v) is 5.68. The molecule has 1 rings (SSSR count). The molecule has 1 N–H and O–H groups in total. The van der Waals surface area contributed by atoms with Crippen molar-refractivity contribution in [1.29, 1.82) is 0 Å². The molecule has 0 aliphatic heterocycles. The van der Waals surface area contributed by atoms with Crippen molar-refractivity contribution >= 4 is 12.6 Å². The first-order valence-corrected chi connectivity index (χ1v) is 3.21. The molecule has 1 aromatic rings. The molecule has 0 bridgehead atoms. The topological polar surface area (TPSA) is 33.1 Å². The lowest BCUT2D eigenvalue weighted by molar-refractivity contribution is 0.472. The fraction of sp³-hybridized carbons (Fsp3) is 0.167. The molecule has 0 aliphatic rings. The van der Waals surface area contributed by atoms with E-state index in [0.29, 0.717) is 5.75 Å². The van der Waals surface area contributed by atoms with Crippen molar-refractivity contribution in [3.63, 3.8) is 0 Å². The predicted molar refractivity (Wildman–Crippen MR) is 38.6 cm³/mol. The van der Waals surface area contributed by atoms with Gasteiger partial charge in [0, 0.05) is 5.75 Å². The Kier molecular flexibility index (Phi) is 1.95. The number of rotatable bonds is 1. The average molecular weight is 141 g/mol. The first-order valence-electron chi connectivity index (χ1n) is 2.57. The molecule has 1 heterocycles. The van der Waals surface area contributed by atoms with Crippen molar-refractivity contribution in [3.8, 4) is 5.75 Å². The molecule has 9 heavy (non-hydrogen) atoms. The fourth-order valence-corrected chi connectivity index (χ4v) is 0.697. The lowest BCUT2D eigenvalue weighted by Crippen LogP contribution is -1.80. The summed E-state index contributed by atoms with van der Waals surface area (Å²) in [5, 5.41) is 8.76. The van der Waals surface area contributed by atoms with Gasteiger partial charge in [0.05, 0.1) is 11.9 Å².